The van der Waals surface area contributed by atoms with Gasteiger partial charge in [0.05, 0.1) is 0 Å². The first-order valence-electron chi connectivity index (χ1n) is 6.40. The zero-order valence-corrected chi connectivity index (χ0v) is 11.0. The van der Waals surface area contributed by atoms with E-state index in [0.29, 0.717) is 19.3 Å². The Balaban J connectivity index is 5.20. The SMILES string of the molecule is CCCCC(CC)(CCC)C(C(=O)O)C(=O)O. The van der Waals surface area contributed by atoms with Crippen LogP contribution in [0.1, 0.15) is 59.3 Å². The van der Waals surface area contributed by atoms with Gasteiger partial charge in [-0.1, -0.05) is 40.0 Å². The maximum Gasteiger partial charge on any atom is 0.318 e. The lowest BCUT2D eigenvalue weighted by molar-refractivity contribution is -0.162. The van der Waals surface area contributed by atoms with Crippen LogP contribution in [-0.4, -0.2) is 22.2 Å². The molecule has 100 valence electrons. The van der Waals surface area contributed by atoms with E-state index in [4.69, 9.17) is 10.2 Å². The Morgan fingerprint density at radius 2 is 1.53 bits per heavy atom. The molecule has 0 aliphatic heterocycles. The molecule has 0 aromatic carbocycles. The monoisotopic (exact) mass is 244 g/mol. The van der Waals surface area contributed by atoms with Crippen LogP contribution in [0.15, 0.2) is 0 Å². The quantitative estimate of drug-likeness (QED) is 0.611. The van der Waals surface area contributed by atoms with E-state index < -0.39 is 23.3 Å². The van der Waals surface area contributed by atoms with Gasteiger partial charge in [-0.2, -0.15) is 0 Å². The van der Waals surface area contributed by atoms with Crippen LogP contribution >= 0.6 is 0 Å². The van der Waals surface area contributed by atoms with Crippen LogP contribution in [0.4, 0.5) is 0 Å². The fraction of sp³-hybridized carbons (Fsp3) is 0.846. The van der Waals surface area contributed by atoms with Crippen molar-refractivity contribution in [2.45, 2.75) is 59.3 Å². The van der Waals surface area contributed by atoms with Crippen LogP contribution in [-0.2, 0) is 9.59 Å². The minimum Gasteiger partial charge on any atom is -0.481 e. The second kappa shape index (κ2) is 7.30. The van der Waals surface area contributed by atoms with Gasteiger partial charge in [0.15, 0.2) is 5.92 Å². The number of carbonyl (C=O) groups is 2. The zero-order valence-electron chi connectivity index (χ0n) is 11.0. The molecule has 0 aromatic rings. The van der Waals surface area contributed by atoms with Gasteiger partial charge in [0.1, 0.15) is 0 Å². The average Bonchev–Trinajstić information content (AvgIpc) is 2.25. The van der Waals surface area contributed by atoms with Crippen molar-refractivity contribution < 1.29 is 19.8 Å². The molecule has 0 aromatic heterocycles. The maximum atomic E-state index is 11.2. The summed E-state index contributed by atoms with van der Waals surface area (Å²) in [5, 5.41) is 18.3. The first kappa shape index (κ1) is 15.9. The van der Waals surface area contributed by atoms with Crippen molar-refractivity contribution in [2.75, 3.05) is 0 Å². The van der Waals surface area contributed by atoms with Crippen molar-refractivity contribution >= 4 is 11.9 Å². The normalized spacial score (nSPS) is 14.6. The predicted octanol–water partition coefficient (Wildman–Crippen LogP) is 3.16. The smallest absolute Gasteiger partial charge is 0.318 e. The van der Waals surface area contributed by atoms with E-state index in [1.807, 2.05) is 20.8 Å². The van der Waals surface area contributed by atoms with Crippen LogP contribution in [0.2, 0.25) is 0 Å². The number of aliphatic carboxylic acids is 2. The largest absolute Gasteiger partial charge is 0.481 e. The Kier molecular flexibility index (Phi) is 6.85. The standard InChI is InChI=1S/C13H24O4/c1-4-7-9-13(6-3,8-5-2)10(11(14)15)12(16)17/h10H,4-9H2,1-3H3,(H,14,15)(H,16,17). The highest BCUT2D eigenvalue weighted by Gasteiger charge is 2.45. The minimum absolute atomic E-state index is 0.595. The number of rotatable bonds is 9. The zero-order chi connectivity index (χ0) is 13.5. The molecule has 0 saturated heterocycles. The first-order chi connectivity index (χ1) is 7.95. The lowest BCUT2D eigenvalue weighted by Crippen LogP contribution is -2.41. The highest BCUT2D eigenvalue weighted by atomic mass is 16.4. The fourth-order valence-corrected chi connectivity index (χ4v) is 2.63. The molecule has 0 aliphatic carbocycles. The summed E-state index contributed by atoms with van der Waals surface area (Å²) in [6.45, 7) is 5.89. The second-order valence-corrected chi connectivity index (χ2v) is 4.68. The van der Waals surface area contributed by atoms with E-state index in [1.54, 1.807) is 0 Å². The molecule has 4 heteroatoms. The van der Waals surface area contributed by atoms with E-state index in [0.717, 1.165) is 19.3 Å². The molecule has 17 heavy (non-hydrogen) atoms. The van der Waals surface area contributed by atoms with Crippen molar-refractivity contribution in [3.63, 3.8) is 0 Å². The van der Waals surface area contributed by atoms with Crippen molar-refractivity contribution in [1.29, 1.82) is 0 Å². The van der Waals surface area contributed by atoms with Crippen molar-refractivity contribution in [3.8, 4) is 0 Å². The highest BCUT2D eigenvalue weighted by Crippen LogP contribution is 2.42. The van der Waals surface area contributed by atoms with E-state index in [2.05, 4.69) is 0 Å². The molecule has 2 N–H and O–H groups in total. The molecule has 1 unspecified atom stereocenters. The van der Waals surface area contributed by atoms with Gasteiger partial charge in [0.2, 0.25) is 0 Å². The summed E-state index contributed by atoms with van der Waals surface area (Å²) in [7, 11) is 0. The summed E-state index contributed by atoms with van der Waals surface area (Å²) >= 11 is 0. The van der Waals surface area contributed by atoms with Gasteiger partial charge in [-0.3, -0.25) is 9.59 Å². The lowest BCUT2D eigenvalue weighted by atomic mass is 9.67. The number of unbranched alkanes of at least 4 members (excludes halogenated alkanes) is 1. The van der Waals surface area contributed by atoms with Crippen molar-refractivity contribution in [1.82, 2.24) is 0 Å². The van der Waals surface area contributed by atoms with E-state index in [1.165, 1.54) is 0 Å². The molecule has 0 spiro atoms. The van der Waals surface area contributed by atoms with Gasteiger partial charge >= 0.3 is 11.9 Å². The van der Waals surface area contributed by atoms with Gasteiger partial charge in [0, 0.05) is 0 Å². The summed E-state index contributed by atoms with van der Waals surface area (Å²) in [6, 6.07) is 0. The number of hydrogen-bond acceptors (Lipinski definition) is 2. The molecule has 0 bridgehead atoms. The van der Waals surface area contributed by atoms with E-state index >= 15 is 0 Å². The molecular formula is C13H24O4. The fourth-order valence-electron chi connectivity index (χ4n) is 2.63. The summed E-state index contributed by atoms with van der Waals surface area (Å²) in [4.78, 5) is 22.4. The highest BCUT2D eigenvalue weighted by molar-refractivity contribution is 5.93. The molecule has 0 amide bonds. The molecule has 4 nitrogen and oxygen atoms in total. The third-order valence-electron chi connectivity index (χ3n) is 3.59. The van der Waals surface area contributed by atoms with Crippen LogP contribution in [0.5, 0.6) is 0 Å². The Morgan fingerprint density at radius 1 is 1.00 bits per heavy atom. The Hall–Kier alpha value is -1.06. The van der Waals surface area contributed by atoms with Crippen molar-refractivity contribution in [3.05, 3.63) is 0 Å². The second-order valence-electron chi connectivity index (χ2n) is 4.68. The summed E-state index contributed by atoms with van der Waals surface area (Å²) in [5.41, 5.74) is -0.595. The third kappa shape index (κ3) is 4.02. The molecule has 0 fully saturated rings. The number of carboxylic acid groups (broad SMARTS) is 2. The third-order valence-corrected chi connectivity index (χ3v) is 3.59. The summed E-state index contributed by atoms with van der Waals surface area (Å²) < 4.78 is 0. The lowest BCUT2D eigenvalue weighted by Gasteiger charge is -2.36. The summed E-state index contributed by atoms with van der Waals surface area (Å²) in [5.74, 6) is -3.69. The van der Waals surface area contributed by atoms with Gasteiger partial charge in [-0.05, 0) is 24.7 Å². The van der Waals surface area contributed by atoms with Gasteiger partial charge < -0.3 is 10.2 Å². The van der Waals surface area contributed by atoms with Gasteiger partial charge in [-0.15, -0.1) is 0 Å². The Bertz CT molecular complexity index is 248. The number of carboxylic acids is 2. The summed E-state index contributed by atoms with van der Waals surface area (Å²) in [6.07, 6.45) is 4.59. The minimum atomic E-state index is -1.28. The van der Waals surface area contributed by atoms with Crippen LogP contribution in [0.3, 0.4) is 0 Å². The van der Waals surface area contributed by atoms with Crippen LogP contribution in [0, 0.1) is 11.3 Å². The Labute approximate surface area is 103 Å². The average molecular weight is 244 g/mol. The Morgan fingerprint density at radius 3 is 1.82 bits per heavy atom. The molecule has 0 heterocycles. The molecule has 0 radical (unpaired) electrons. The van der Waals surface area contributed by atoms with Crippen LogP contribution < -0.4 is 0 Å². The van der Waals surface area contributed by atoms with Gasteiger partial charge in [-0.25, -0.2) is 0 Å². The van der Waals surface area contributed by atoms with Crippen molar-refractivity contribution in [2.24, 2.45) is 11.3 Å². The predicted molar refractivity (Wildman–Crippen MR) is 65.9 cm³/mol. The molecule has 0 aliphatic rings. The van der Waals surface area contributed by atoms with Crippen LogP contribution in [0.25, 0.3) is 0 Å². The van der Waals surface area contributed by atoms with E-state index in [-0.39, 0.29) is 0 Å². The molecule has 1 atom stereocenters. The molecule has 0 rings (SSSR count). The maximum absolute atomic E-state index is 11.2. The van der Waals surface area contributed by atoms with E-state index in [9.17, 15) is 9.59 Å². The first-order valence-corrected chi connectivity index (χ1v) is 6.40. The number of hydrogen-bond donors (Lipinski definition) is 2. The molecular weight excluding hydrogens is 220 g/mol. The molecule has 0 saturated carbocycles. The van der Waals surface area contributed by atoms with Gasteiger partial charge in [0.25, 0.3) is 0 Å². The topological polar surface area (TPSA) is 74.6 Å².